The third kappa shape index (κ3) is 3.48. The number of hydrogen-bond acceptors (Lipinski definition) is 4. The van der Waals surface area contributed by atoms with E-state index in [2.05, 4.69) is 5.32 Å². The van der Waals surface area contributed by atoms with Crippen molar-refractivity contribution in [3.05, 3.63) is 29.8 Å². The third-order valence-corrected chi connectivity index (χ3v) is 3.20. The summed E-state index contributed by atoms with van der Waals surface area (Å²) in [7, 11) is 0. The maximum Gasteiger partial charge on any atom is 0.311 e. The first-order valence-corrected chi connectivity index (χ1v) is 6.36. The number of nitrogens with one attached hydrogen (secondary N) is 1. The van der Waals surface area contributed by atoms with E-state index in [1.165, 1.54) is 0 Å². The van der Waals surface area contributed by atoms with Gasteiger partial charge in [-0.2, -0.15) is 0 Å². The van der Waals surface area contributed by atoms with Crippen LogP contribution in [0.4, 0.5) is 0 Å². The topological polar surface area (TPSA) is 84.9 Å². The van der Waals surface area contributed by atoms with Crippen LogP contribution < -0.4 is 10.1 Å². The molecule has 6 nitrogen and oxygen atoms in total. The average molecular weight is 279 g/mol. The third-order valence-electron chi connectivity index (χ3n) is 3.20. The standard InChI is InChI=1S/C14H17NO5/c1-9-4-2-3-5-12(9)20-8-13(16)15-11-7-19-6-10(11)14(17)18/h2-5,10-11H,6-8H2,1H3,(H,15,16)(H,17,18). The molecule has 1 amide bonds. The molecule has 1 fully saturated rings. The highest BCUT2D eigenvalue weighted by Crippen LogP contribution is 2.16. The Morgan fingerprint density at radius 3 is 2.85 bits per heavy atom. The monoisotopic (exact) mass is 279 g/mol. The Balaban J connectivity index is 1.84. The lowest BCUT2D eigenvalue weighted by Gasteiger charge is -2.16. The van der Waals surface area contributed by atoms with E-state index >= 15 is 0 Å². The normalized spacial score (nSPS) is 21.4. The number of carboxylic acid groups (broad SMARTS) is 1. The van der Waals surface area contributed by atoms with Crippen LogP contribution in [0.25, 0.3) is 0 Å². The number of aliphatic carboxylic acids is 1. The molecule has 1 heterocycles. The van der Waals surface area contributed by atoms with Crippen LogP contribution in [0.3, 0.4) is 0 Å². The molecule has 1 aromatic carbocycles. The summed E-state index contributed by atoms with van der Waals surface area (Å²) in [5, 5.41) is 11.6. The van der Waals surface area contributed by atoms with Crippen LogP contribution in [0, 0.1) is 12.8 Å². The number of amides is 1. The Bertz CT molecular complexity index is 502. The van der Waals surface area contributed by atoms with Gasteiger partial charge in [0.15, 0.2) is 6.61 Å². The van der Waals surface area contributed by atoms with Gasteiger partial charge < -0.3 is 19.9 Å². The minimum atomic E-state index is -0.965. The summed E-state index contributed by atoms with van der Waals surface area (Å²) in [6.45, 7) is 2.08. The highest BCUT2D eigenvalue weighted by atomic mass is 16.5. The van der Waals surface area contributed by atoms with E-state index in [1.807, 2.05) is 25.1 Å². The number of aryl methyl sites for hydroxylation is 1. The molecule has 2 unspecified atom stereocenters. The molecule has 0 spiro atoms. The zero-order valence-electron chi connectivity index (χ0n) is 11.2. The van der Waals surface area contributed by atoms with Gasteiger partial charge in [-0.05, 0) is 18.6 Å². The van der Waals surface area contributed by atoms with Gasteiger partial charge in [-0.15, -0.1) is 0 Å². The summed E-state index contributed by atoms with van der Waals surface area (Å²) < 4.78 is 10.5. The van der Waals surface area contributed by atoms with E-state index in [4.69, 9.17) is 14.6 Å². The van der Waals surface area contributed by atoms with Crippen molar-refractivity contribution in [3.63, 3.8) is 0 Å². The fourth-order valence-corrected chi connectivity index (χ4v) is 2.05. The van der Waals surface area contributed by atoms with E-state index in [0.717, 1.165) is 5.56 Å². The van der Waals surface area contributed by atoms with Gasteiger partial charge in [-0.1, -0.05) is 18.2 Å². The van der Waals surface area contributed by atoms with Crippen LogP contribution in [0.1, 0.15) is 5.56 Å². The van der Waals surface area contributed by atoms with Gasteiger partial charge in [0.2, 0.25) is 0 Å². The van der Waals surface area contributed by atoms with Crippen LogP contribution in [0.2, 0.25) is 0 Å². The van der Waals surface area contributed by atoms with Crippen molar-refractivity contribution in [1.82, 2.24) is 5.32 Å². The maximum absolute atomic E-state index is 11.8. The zero-order valence-corrected chi connectivity index (χ0v) is 11.2. The lowest BCUT2D eigenvalue weighted by molar-refractivity contribution is -0.142. The number of carbonyl (C=O) groups excluding carboxylic acids is 1. The van der Waals surface area contributed by atoms with Gasteiger partial charge in [0.05, 0.1) is 19.3 Å². The molecule has 0 aromatic heterocycles. The molecular weight excluding hydrogens is 262 g/mol. The number of rotatable bonds is 5. The Kier molecular flexibility index (Phi) is 4.57. The molecule has 1 aromatic rings. The zero-order chi connectivity index (χ0) is 14.5. The van der Waals surface area contributed by atoms with E-state index in [1.54, 1.807) is 6.07 Å². The fraction of sp³-hybridized carbons (Fsp3) is 0.429. The molecule has 0 radical (unpaired) electrons. The molecule has 0 saturated carbocycles. The van der Waals surface area contributed by atoms with Gasteiger partial charge in [0.1, 0.15) is 11.7 Å². The molecule has 1 aliphatic rings. The summed E-state index contributed by atoms with van der Waals surface area (Å²) in [6, 6.07) is 6.88. The smallest absolute Gasteiger partial charge is 0.311 e. The SMILES string of the molecule is Cc1ccccc1OCC(=O)NC1COCC1C(=O)O. The average Bonchev–Trinajstić information content (AvgIpc) is 2.86. The number of carbonyl (C=O) groups is 2. The molecule has 2 atom stereocenters. The van der Waals surface area contributed by atoms with Crippen LogP contribution >= 0.6 is 0 Å². The molecule has 2 N–H and O–H groups in total. The second-order valence-electron chi connectivity index (χ2n) is 4.71. The maximum atomic E-state index is 11.8. The van der Waals surface area contributed by atoms with Gasteiger partial charge in [0.25, 0.3) is 5.91 Å². The van der Waals surface area contributed by atoms with Crippen LogP contribution in [0.15, 0.2) is 24.3 Å². The van der Waals surface area contributed by atoms with Gasteiger partial charge in [0, 0.05) is 0 Å². The summed E-state index contributed by atoms with van der Waals surface area (Å²) in [5.74, 6) is -1.37. The largest absolute Gasteiger partial charge is 0.484 e. The molecule has 0 aliphatic carbocycles. The molecular formula is C14H17NO5. The van der Waals surface area contributed by atoms with E-state index in [9.17, 15) is 9.59 Å². The minimum absolute atomic E-state index is 0.124. The summed E-state index contributed by atoms with van der Waals surface area (Å²) >= 11 is 0. The first kappa shape index (κ1) is 14.3. The lowest BCUT2D eigenvalue weighted by atomic mass is 10.0. The van der Waals surface area contributed by atoms with E-state index in [0.29, 0.717) is 5.75 Å². The van der Waals surface area contributed by atoms with Gasteiger partial charge in [-0.25, -0.2) is 0 Å². The quantitative estimate of drug-likeness (QED) is 0.824. The van der Waals surface area contributed by atoms with Crippen LogP contribution in [-0.2, 0) is 14.3 Å². The number of benzene rings is 1. The molecule has 1 saturated heterocycles. The second-order valence-corrected chi connectivity index (χ2v) is 4.71. The van der Waals surface area contributed by atoms with Crippen molar-refractivity contribution in [2.75, 3.05) is 19.8 Å². The molecule has 0 bridgehead atoms. The Hall–Kier alpha value is -2.08. The number of carboxylic acids is 1. The molecule has 6 heteroatoms. The van der Waals surface area contributed by atoms with Gasteiger partial charge >= 0.3 is 5.97 Å². The van der Waals surface area contributed by atoms with Crippen molar-refractivity contribution < 1.29 is 24.2 Å². The molecule has 20 heavy (non-hydrogen) atoms. The number of ether oxygens (including phenoxy) is 2. The molecule has 2 rings (SSSR count). The minimum Gasteiger partial charge on any atom is -0.484 e. The van der Waals surface area contributed by atoms with Crippen molar-refractivity contribution >= 4 is 11.9 Å². The van der Waals surface area contributed by atoms with E-state index in [-0.39, 0.29) is 25.7 Å². The highest BCUT2D eigenvalue weighted by Gasteiger charge is 2.35. The lowest BCUT2D eigenvalue weighted by Crippen LogP contribution is -2.44. The predicted molar refractivity (Wildman–Crippen MR) is 70.5 cm³/mol. The van der Waals surface area contributed by atoms with Crippen molar-refractivity contribution in [3.8, 4) is 5.75 Å². The van der Waals surface area contributed by atoms with Crippen molar-refractivity contribution in [1.29, 1.82) is 0 Å². The Morgan fingerprint density at radius 1 is 1.40 bits per heavy atom. The first-order valence-electron chi connectivity index (χ1n) is 6.36. The Labute approximate surface area is 116 Å². The first-order chi connectivity index (χ1) is 9.58. The van der Waals surface area contributed by atoms with Crippen LogP contribution in [0.5, 0.6) is 5.75 Å². The van der Waals surface area contributed by atoms with Crippen molar-refractivity contribution in [2.24, 2.45) is 5.92 Å². The van der Waals surface area contributed by atoms with Crippen LogP contribution in [-0.4, -0.2) is 42.8 Å². The summed E-state index contributed by atoms with van der Waals surface area (Å²) in [4.78, 5) is 22.7. The Morgan fingerprint density at radius 2 is 2.15 bits per heavy atom. The van der Waals surface area contributed by atoms with Crippen molar-refractivity contribution in [2.45, 2.75) is 13.0 Å². The number of hydrogen-bond donors (Lipinski definition) is 2. The number of para-hydroxylation sites is 1. The van der Waals surface area contributed by atoms with E-state index < -0.39 is 17.9 Å². The summed E-state index contributed by atoms with van der Waals surface area (Å²) in [5.41, 5.74) is 0.938. The fourth-order valence-electron chi connectivity index (χ4n) is 2.05. The highest BCUT2D eigenvalue weighted by molar-refractivity contribution is 5.79. The molecule has 1 aliphatic heterocycles. The second kappa shape index (κ2) is 6.38. The molecule has 108 valence electrons. The summed E-state index contributed by atoms with van der Waals surface area (Å²) in [6.07, 6.45) is 0. The van der Waals surface area contributed by atoms with Gasteiger partial charge in [-0.3, -0.25) is 9.59 Å². The predicted octanol–water partition coefficient (Wildman–Crippen LogP) is 0.590.